The first-order valence-electron chi connectivity index (χ1n) is 8.62. The van der Waals surface area contributed by atoms with Gasteiger partial charge in [0.05, 0.1) is 17.7 Å². The molecular formula is C20H17N3O4. The van der Waals surface area contributed by atoms with Crippen molar-refractivity contribution in [3.63, 3.8) is 0 Å². The fourth-order valence-corrected chi connectivity index (χ4v) is 3.09. The molecule has 0 bridgehead atoms. The van der Waals surface area contributed by atoms with E-state index in [4.69, 9.17) is 4.74 Å². The summed E-state index contributed by atoms with van der Waals surface area (Å²) >= 11 is 0. The van der Waals surface area contributed by atoms with Crippen LogP contribution in [0.3, 0.4) is 0 Å². The van der Waals surface area contributed by atoms with Crippen molar-refractivity contribution in [2.75, 3.05) is 13.2 Å². The molecule has 4 rings (SSSR count). The SMILES string of the molecule is Cc1ccn2cc(C(=O)OCCCN3C(=O)c4ccccc4C3=O)nc2c1. The Morgan fingerprint density at radius 2 is 1.81 bits per heavy atom. The molecule has 0 atom stereocenters. The van der Waals surface area contributed by atoms with Gasteiger partial charge < -0.3 is 9.14 Å². The number of carbonyl (C=O) groups is 3. The molecule has 0 spiro atoms. The molecule has 0 N–H and O–H groups in total. The number of fused-ring (bicyclic) bond motifs is 2. The van der Waals surface area contributed by atoms with Gasteiger partial charge in [0.2, 0.25) is 0 Å². The van der Waals surface area contributed by atoms with Crippen molar-refractivity contribution in [3.05, 3.63) is 71.2 Å². The lowest BCUT2D eigenvalue weighted by Crippen LogP contribution is -2.31. The number of pyridine rings is 1. The van der Waals surface area contributed by atoms with Gasteiger partial charge in [-0.2, -0.15) is 0 Å². The summed E-state index contributed by atoms with van der Waals surface area (Å²) in [6, 6.07) is 10.5. The van der Waals surface area contributed by atoms with Crippen molar-refractivity contribution in [1.29, 1.82) is 0 Å². The zero-order valence-electron chi connectivity index (χ0n) is 14.7. The number of imidazole rings is 1. The normalized spacial score (nSPS) is 13.3. The van der Waals surface area contributed by atoms with Crippen LogP contribution in [0.2, 0.25) is 0 Å². The Bertz CT molecular complexity index is 1040. The fraction of sp³-hybridized carbons (Fsp3) is 0.200. The fourth-order valence-electron chi connectivity index (χ4n) is 3.09. The minimum absolute atomic E-state index is 0.0964. The average molecular weight is 363 g/mol. The predicted molar refractivity (Wildman–Crippen MR) is 96.6 cm³/mol. The van der Waals surface area contributed by atoms with E-state index in [-0.39, 0.29) is 30.7 Å². The highest BCUT2D eigenvalue weighted by atomic mass is 16.5. The molecule has 1 aromatic carbocycles. The molecule has 3 aromatic rings. The molecule has 2 amide bonds. The number of ether oxygens (including phenoxy) is 1. The van der Waals surface area contributed by atoms with E-state index in [2.05, 4.69) is 4.98 Å². The van der Waals surface area contributed by atoms with Crippen molar-refractivity contribution in [2.24, 2.45) is 0 Å². The van der Waals surface area contributed by atoms with E-state index in [1.165, 1.54) is 4.90 Å². The quantitative estimate of drug-likeness (QED) is 0.395. The second-order valence-electron chi connectivity index (χ2n) is 6.39. The van der Waals surface area contributed by atoms with Crippen LogP contribution in [0.5, 0.6) is 0 Å². The highest BCUT2D eigenvalue weighted by molar-refractivity contribution is 6.21. The minimum Gasteiger partial charge on any atom is -0.461 e. The summed E-state index contributed by atoms with van der Waals surface area (Å²) in [4.78, 5) is 42.1. The Hall–Kier alpha value is -3.48. The lowest BCUT2D eigenvalue weighted by Gasteiger charge is -2.13. The topological polar surface area (TPSA) is 81.0 Å². The number of esters is 1. The van der Waals surface area contributed by atoms with Crippen molar-refractivity contribution >= 4 is 23.4 Å². The molecule has 136 valence electrons. The second kappa shape index (κ2) is 6.68. The maximum absolute atomic E-state index is 12.3. The van der Waals surface area contributed by atoms with E-state index in [0.29, 0.717) is 23.2 Å². The number of carbonyl (C=O) groups excluding carboxylic acids is 3. The van der Waals surface area contributed by atoms with Crippen LogP contribution >= 0.6 is 0 Å². The first kappa shape index (κ1) is 17.0. The molecule has 3 heterocycles. The molecule has 7 heteroatoms. The molecule has 0 saturated heterocycles. The molecular weight excluding hydrogens is 346 g/mol. The zero-order chi connectivity index (χ0) is 19.0. The molecule has 0 unspecified atom stereocenters. The largest absolute Gasteiger partial charge is 0.461 e. The number of aryl methyl sites for hydroxylation is 1. The number of aromatic nitrogens is 2. The Labute approximate surface area is 155 Å². The predicted octanol–water partition coefficient (Wildman–Crippen LogP) is 2.49. The van der Waals surface area contributed by atoms with E-state index < -0.39 is 5.97 Å². The molecule has 1 aliphatic rings. The first-order valence-corrected chi connectivity index (χ1v) is 8.62. The van der Waals surface area contributed by atoms with Gasteiger partial charge >= 0.3 is 5.97 Å². The summed E-state index contributed by atoms with van der Waals surface area (Å²) in [5, 5.41) is 0. The maximum Gasteiger partial charge on any atom is 0.358 e. The Balaban J connectivity index is 1.33. The van der Waals surface area contributed by atoms with Crippen LogP contribution in [-0.4, -0.2) is 45.2 Å². The van der Waals surface area contributed by atoms with Gasteiger partial charge in [-0.3, -0.25) is 14.5 Å². The standard InChI is InChI=1S/C20H17N3O4/c1-13-7-9-22-12-16(21-17(22)11-13)20(26)27-10-4-8-23-18(24)14-5-2-3-6-15(14)19(23)25/h2-3,5-7,9,11-12H,4,8,10H2,1H3. The van der Waals surface area contributed by atoms with Gasteiger partial charge in [-0.1, -0.05) is 12.1 Å². The van der Waals surface area contributed by atoms with Crippen molar-refractivity contribution in [1.82, 2.24) is 14.3 Å². The van der Waals surface area contributed by atoms with Crippen LogP contribution in [0.15, 0.2) is 48.8 Å². The monoisotopic (exact) mass is 363 g/mol. The van der Waals surface area contributed by atoms with Gasteiger partial charge in [0, 0.05) is 18.9 Å². The van der Waals surface area contributed by atoms with Crippen LogP contribution in [0.25, 0.3) is 5.65 Å². The lowest BCUT2D eigenvalue weighted by molar-refractivity contribution is 0.0477. The number of imide groups is 1. The summed E-state index contributed by atoms with van der Waals surface area (Å²) in [6.07, 6.45) is 3.81. The number of benzene rings is 1. The van der Waals surface area contributed by atoms with Crippen LogP contribution in [0.1, 0.15) is 43.2 Å². The Kier molecular flexibility index (Phi) is 4.19. The molecule has 27 heavy (non-hydrogen) atoms. The van der Waals surface area contributed by atoms with E-state index in [0.717, 1.165) is 5.56 Å². The lowest BCUT2D eigenvalue weighted by atomic mass is 10.1. The van der Waals surface area contributed by atoms with Gasteiger partial charge in [-0.05, 0) is 43.2 Å². The van der Waals surface area contributed by atoms with E-state index in [9.17, 15) is 14.4 Å². The summed E-state index contributed by atoms with van der Waals surface area (Å²) in [6.45, 7) is 2.25. The van der Waals surface area contributed by atoms with Crippen LogP contribution in [-0.2, 0) is 4.74 Å². The maximum atomic E-state index is 12.3. The third-order valence-electron chi connectivity index (χ3n) is 4.46. The van der Waals surface area contributed by atoms with Crippen molar-refractivity contribution in [2.45, 2.75) is 13.3 Å². The summed E-state index contributed by atoms with van der Waals surface area (Å²) < 4.78 is 6.98. The second-order valence-corrected chi connectivity index (χ2v) is 6.39. The van der Waals surface area contributed by atoms with Gasteiger partial charge in [0.25, 0.3) is 11.8 Å². The highest BCUT2D eigenvalue weighted by Crippen LogP contribution is 2.22. The average Bonchev–Trinajstić information content (AvgIpc) is 3.19. The summed E-state index contributed by atoms with van der Waals surface area (Å²) in [7, 11) is 0. The third kappa shape index (κ3) is 3.08. The summed E-state index contributed by atoms with van der Waals surface area (Å²) in [5.74, 6) is -1.14. The van der Waals surface area contributed by atoms with Gasteiger partial charge in [0.15, 0.2) is 5.69 Å². The minimum atomic E-state index is -0.529. The van der Waals surface area contributed by atoms with Gasteiger partial charge in [0.1, 0.15) is 5.65 Å². The van der Waals surface area contributed by atoms with Gasteiger partial charge in [-0.15, -0.1) is 0 Å². The van der Waals surface area contributed by atoms with Crippen molar-refractivity contribution in [3.8, 4) is 0 Å². The summed E-state index contributed by atoms with van der Waals surface area (Å²) in [5.41, 5.74) is 2.78. The van der Waals surface area contributed by atoms with Crippen LogP contribution in [0, 0.1) is 6.92 Å². The number of amides is 2. The molecule has 0 fully saturated rings. The van der Waals surface area contributed by atoms with Crippen LogP contribution in [0.4, 0.5) is 0 Å². The smallest absolute Gasteiger partial charge is 0.358 e. The molecule has 0 aliphatic carbocycles. The first-order chi connectivity index (χ1) is 13.0. The Morgan fingerprint density at radius 1 is 1.11 bits per heavy atom. The number of nitrogens with zero attached hydrogens (tertiary/aromatic N) is 3. The molecule has 2 aromatic heterocycles. The molecule has 0 radical (unpaired) electrons. The third-order valence-corrected chi connectivity index (χ3v) is 4.46. The van der Waals surface area contributed by atoms with Crippen molar-refractivity contribution < 1.29 is 19.1 Å². The van der Waals surface area contributed by atoms with E-state index >= 15 is 0 Å². The van der Waals surface area contributed by atoms with Crippen LogP contribution < -0.4 is 0 Å². The van der Waals surface area contributed by atoms with E-state index in [1.54, 1.807) is 34.9 Å². The molecule has 1 aliphatic heterocycles. The molecule has 0 saturated carbocycles. The number of hydrogen-bond acceptors (Lipinski definition) is 5. The highest BCUT2D eigenvalue weighted by Gasteiger charge is 2.34. The number of rotatable bonds is 5. The Morgan fingerprint density at radius 3 is 2.52 bits per heavy atom. The van der Waals surface area contributed by atoms with Gasteiger partial charge in [-0.25, -0.2) is 9.78 Å². The molecule has 7 nitrogen and oxygen atoms in total. The van der Waals surface area contributed by atoms with E-state index in [1.807, 2.05) is 25.3 Å². The number of hydrogen-bond donors (Lipinski definition) is 0. The zero-order valence-corrected chi connectivity index (χ0v) is 14.7.